The van der Waals surface area contributed by atoms with Crippen LogP contribution in [-0.4, -0.2) is 16.2 Å². The molecular formula is C15H22O3. The minimum Gasteiger partial charge on any atom is -0.508 e. The van der Waals surface area contributed by atoms with Gasteiger partial charge in [0.25, 0.3) is 0 Å². The van der Waals surface area contributed by atoms with Crippen LogP contribution in [0.5, 0.6) is 5.75 Å². The third-order valence-electron chi connectivity index (χ3n) is 2.86. The Morgan fingerprint density at radius 1 is 1.06 bits per heavy atom. The molecule has 0 atom stereocenters. The fourth-order valence-electron chi connectivity index (χ4n) is 2.16. The maximum absolute atomic E-state index is 11.3. The van der Waals surface area contributed by atoms with E-state index < -0.39 is 5.97 Å². The first-order valence-corrected chi connectivity index (χ1v) is 6.40. The minimum atomic E-state index is -0.921. The van der Waals surface area contributed by atoms with E-state index in [4.69, 9.17) is 0 Å². The van der Waals surface area contributed by atoms with Crippen LogP contribution in [0.1, 0.15) is 49.2 Å². The highest BCUT2D eigenvalue weighted by Gasteiger charge is 2.18. The fraction of sp³-hybridized carbons (Fsp3) is 0.533. The highest BCUT2D eigenvalue weighted by Crippen LogP contribution is 2.29. The Morgan fingerprint density at radius 3 is 2.00 bits per heavy atom. The molecule has 0 fully saturated rings. The van der Waals surface area contributed by atoms with Gasteiger partial charge in [0.1, 0.15) is 5.75 Å². The van der Waals surface area contributed by atoms with Crippen LogP contribution < -0.4 is 0 Å². The molecule has 0 saturated carbocycles. The molecule has 0 radical (unpaired) electrons. The molecule has 1 aromatic rings. The second-order valence-corrected chi connectivity index (χ2v) is 5.59. The number of phenolic OH excluding ortho intramolecular Hbond substituents is 1. The Hall–Kier alpha value is -1.51. The molecule has 0 aliphatic heterocycles. The number of hydrogen-bond donors (Lipinski definition) is 2. The van der Waals surface area contributed by atoms with E-state index in [1.54, 1.807) is 0 Å². The van der Waals surface area contributed by atoms with Gasteiger partial charge >= 0.3 is 5.97 Å². The van der Waals surface area contributed by atoms with Crippen molar-refractivity contribution < 1.29 is 15.0 Å². The highest BCUT2D eigenvalue weighted by molar-refractivity contribution is 5.90. The molecule has 0 saturated heterocycles. The maximum Gasteiger partial charge on any atom is 0.335 e. The van der Waals surface area contributed by atoms with Crippen molar-refractivity contribution in [3.8, 4) is 5.75 Å². The summed E-state index contributed by atoms with van der Waals surface area (Å²) in [5, 5.41) is 19.2. The van der Waals surface area contributed by atoms with E-state index in [-0.39, 0.29) is 5.75 Å². The first-order chi connectivity index (χ1) is 8.32. The fourth-order valence-corrected chi connectivity index (χ4v) is 2.16. The minimum absolute atomic E-state index is 0.212. The Balaban J connectivity index is 3.34. The van der Waals surface area contributed by atoms with Crippen LogP contribution in [-0.2, 0) is 12.8 Å². The summed E-state index contributed by atoms with van der Waals surface area (Å²) >= 11 is 0. The molecule has 1 aromatic carbocycles. The number of benzene rings is 1. The van der Waals surface area contributed by atoms with Crippen molar-refractivity contribution in [2.75, 3.05) is 0 Å². The summed E-state index contributed by atoms with van der Waals surface area (Å²) in [5.74, 6) is 0.0293. The van der Waals surface area contributed by atoms with Crippen molar-refractivity contribution in [2.24, 2.45) is 11.8 Å². The van der Waals surface area contributed by atoms with Crippen LogP contribution >= 0.6 is 0 Å². The molecule has 0 spiro atoms. The number of carbonyl (C=O) groups is 1. The van der Waals surface area contributed by atoms with Gasteiger partial charge in [-0.3, -0.25) is 0 Å². The predicted octanol–water partition coefficient (Wildman–Crippen LogP) is 3.49. The summed E-state index contributed by atoms with van der Waals surface area (Å²) in [6.45, 7) is 8.22. The lowest BCUT2D eigenvalue weighted by Gasteiger charge is -2.17. The van der Waals surface area contributed by atoms with Crippen LogP contribution in [0.3, 0.4) is 0 Å². The number of rotatable bonds is 5. The molecule has 2 N–H and O–H groups in total. The standard InChI is InChI=1S/C15H22O3/c1-9(2)7-12-11(15(17)18)5-6-14(16)13(12)8-10(3)4/h5-6,9-10,16H,7-8H2,1-4H3,(H,17,18). The largest absolute Gasteiger partial charge is 0.508 e. The number of hydrogen-bond acceptors (Lipinski definition) is 2. The quantitative estimate of drug-likeness (QED) is 0.841. The summed E-state index contributed by atoms with van der Waals surface area (Å²) in [4.78, 5) is 11.3. The summed E-state index contributed by atoms with van der Waals surface area (Å²) in [5.41, 5.74) is 1.89. The molecule has 0 aliphatic rings. The van der Waals surface area contributed by atoms with Crippen LogP contribution in [0.25, 0.3) is 0 Å². The van der Waals surface area contributed by atoms with E-state index in [1.165, 1.54) is 12.1 Å². The average molecular weight is 250 g/mol. The summed E-state index contributed by atoms with van der Waals surface area (Å²) in [6, 6.07) is 2.99. The molecule has 0 amide bonds. The van der Waals surface area contributed by atoms with Gasteiger partial charge in [-0.2, -0.15) is 0 Å². The molecule has 1 rings (SSSR count). The molecule has 0 unspecified atom stereocenters. The molecule has 18 heavy (non-hydrogen) atoms. The van der Waals surface area contributed by atoms with Gasteiger partial charge in [-0.25, -0.2) is 4.79 Å². The lowest BCUT2D eigenvalue weighted by Crippen LogP contribution is -2.10. The van der Waals surface area contributed by atoms with Gasteiger partial charge in [0.15, 0.2) is 0 Å². The smallest absolute Gasteiger partial charge is 0.335 e. The van der Waals surface area contributed by atoms with E-state index in [9.17, 15) is 15.0 Å². The molecule has 0 heterocycles. The summed E-state index contributed by atoms with van der Waals surface area (Å²) in [6.07, 6.45) is 1.38. The van der Waals surface area contributed by atoms with Crippen molar-refractivity contribution in [1.82, 2.24) is 0 Å². The van der Waals surface area contributed by atoms with Crippen molar-refractivity contribution in [3.63, 3.8) is 0 Å². The highest BCUT2D eigenvalue weighted by atomic mass is 16.4. The second kappa shape index (κ2) is 5.89. The third-order valence-corrected chi connectivity index (χ3v) is 2.86. The van der Waals surface area contributed by atoms with Gasteiger partial charge in [0.2, 0.25) is 0 Å². The monoisotopic (exact) mass is 250 g/mol. The van der Waals surface area contributed by atoms with Crippen LogP contribution in [0.15, 0.2) is 12.1 Å². The summed E-state index contributed by atoms with van der Waals surface area (Å²) < 4.78 is 0. The molecule has 3 heteroatoms. The van der Waals surface area contributed by atoms with Gasteiger partial charge in [0, 0.05) is 0 Å². The zero-order valence-corrected chi connectivity index (χ0v) is 11.5. The van der Waals surface area contributed by atoms with Gasteiger partial charge in [-0.15, -0.1) is 0 Å². The van der Waals surface area contributed by atoms with Gasteiger partial charge < -0.3 is 10.2 Å². The Bertz CT molecular complexity index is 434. The van der Waals surface area contributed by atoms with Crippen molar-refractivity contribution in [2.45, 2.75) is 40.5 Å². The number of phenols is 1. The summed E-state index contributed by atoms with van der Waals surface area (Å²) in [7, 11) is 0. The van der Waals surface area contributed by atoms with E-state index >= 15 is 0 Å². The zero-order valence-electron chi connectivity index (χ0n) is 11.5. The topological polar surface area (TPSA) is 57.5 Å². The van der Waals surface area contributed by atoms with E-state index in [0.717, 1.165) is 11.1 Å². The number of aromatic carboxylic acids is 1. The van der Waals surface area contributed by atoms with Gasteiger partial charge in [-0.1, -0.05) is 27.7 Å². The average Bonchev–Trinajstić information content (AvgIpc) is 2.21. The van der Waals surface area contributed by atoms with Crippen LogP contribution in [0.4, 0.5) is 0 Å². The normalized spacial score (nSPS) is 11.2. The van der Waals surface area contributed by atoms with Crippen LogP contribution in [0, 0.1) is 11.8 Å². The molecule has 0 aliphatic carbocycles. The Kier molecular flexibility index (Phi) is 4.76. The Morgan fingerprint density at radius 2 is 1.56 bits per heavy atom. The van der Waals surface area contributed by atoms with Crippen molar-refractivity contribution >= 4 is 5.97 Å². The molecule has 0 bridgehead atoms. The van der Waals surface area contributed by atoms with Crippen molar-refractivity contribution in [3.05, 3.63) is 28.8 Å². The molecule has 3 nitrogen and oxygen atoms in total. The van der Waals surface area contributed by atoms with E-state index in [2.05, 4.69) is 27.7 Å². The lowest BCUT2D eigenvalue weighted by molar-refractivity contribution is 0.0695. The SMILES string of the molecule is CC(C)Cc1c(O)ccc(C(=O)O)c1CC(C)C. The maximum atomic E-state index is 11.3. The van der Waals surface area contributed by atoms with E-state index in [1.807, 2.05) is 0 Å². The first kappa shape index (κ1) is 14.6. The zero-order chi connectivity index (χ0) is 13.9. The first-order valence-electron chi connectivity index (χ1n) is 6.40. The predicted molar refractivity (Wildman–Crippen MR) is 72.2 cm³/mol. The van der Waals surface area contributed by atoms with Gasteiger partial charge in [0.05, 0.1) is 5.56 Å². The number of carboxylic acid groups (broad SMARTS) is 1. The molecule has 100 valence electrons. The molecule has 0 aromatic heterocycles. The van der Waals surface area contributed by atoms with Crippen LogP contribution in [0.2, 0.25) is 0 Å². The van der Waals surface area contributed by atoms with E-state index in [0.29, 0.717) is 30.2 Å². The third kappa shape index (κ3) is 3.49. The van der Waals surface area contributed by atoms with Crippen molar-refractivity contribution in [1.29, 1.82) is 0 Å². The molecular weight excluding hydrogens is 228 g/mol. The lowest BCUT2D eigenvalue weighted by atomic mass is 9.88. The number of aromatic hydroxyl groups is 1. The Labute approximate surface area is 108 Å². The second-order valence-electron chi connectivity index (χ2n) is 5.59. The number of carboxylic acids is 1. The van der Waals surface area contributed by atoms with Gasteiger partial charge in [-0.05, 0) is 47.9 Å².